The zero-order valence-electron chi connectivity index (χ0n) is 15.6. The Balaban J connectivity index is 1.78. The Bertz CT molecular complexity index is 840. The lowest BCUT2D eigenvalue weighted by molar-refractivity contribution is -0.119. The van der Waals surface area contributed by atoms with Gasteiger partial charge in [0, 0.05) is 30.4 Å². The summed E-state index contributed by atoms with van der Waals surface area (Å²) in [6.07, 6.45) is 0.117. The second-order valence-electron chi connectivity index (χ2n) is 6.46. The maximum absolute atomic E-state index is 13.1. The SMILES string of the molecule is Cc1cccc(NC(=O)CN(C)CCC(=O)Nc2ccc(F)c(F)c2)c1C. The highest BCUT2D eigenvalue weighted by atomic mass is 19.2. The molecule has 7 heteroatoms. The number of amides is 2. The van der Waals surface area contributed by atoms with Gasteiger partial charge >= 0.3 is 0 Å². The Hall–Kier alpha value is -2.80. The molecule has 0 radical (unpaired) electrons. The van der Waals surface area contributed by atoms with Crippen LogP contribution in [-0.2, 0) is 9.59 Å². The molecule has 2 N–H and O–H groups in total. The first-order valence-corrected chi connectivity index (χ1v) is 8.56. The number of carbonyl (C=O) groups excluding carboxylic acids is 2. The lowest BCUT2D eigenvalue weighted by Gasteiger charge is -2.17. The molecule has 2 aromatic rings. The summed E-state index contributed by atoms with van der Waals surface area (Å²) in [5, 5.41) is 5.36. The number of hydrogen-bond acceptors (Lipinski definition) is 3. The third-order valence-corrected chi connectivity index (χ3v) is 4.22. The topological polar surface area (TPSA) is 61.4 Å². The zero-order chi connectivity index (χ0) is 20.0. The van der Waals surface area contributed by atoms with Crippen molar-refractivity contribution in [3.8, 4) is 0 Å². The van der Waals surface area contributed by atoms with Crippen LogP contribution in [0.25, 0.3) is 0 Å². The monoisotopic (exact) mass is 375 g/mol. The summed E-state index contributed by atoms with van der Waals surface area (Å²) in [4.78, 5) is 25.8. The highest BCUT2D eigenvalue weighted by molar-refractivity contribution is 5.93. The van der Waals surface area contributed by atoms with E-state index in [1.54, 1.807) is 11.9 Å². The minimum Gasteiger partial charge on any atom is -0.326 e. The molecule has 0 aliphatic rings. The Morgan fingerprint density at radius 1 is 1.00 bits per heavy atom. The van der Waals surface area contributed by atoms with Crippen LogP contribution in [0.3, 0.4) is 0 Å². The van der Waals surface area contributed by atoms with Crippen molar-refractivity contribution in [2.45, 2.75) is 20.3 Å². The summed E-state index contributed by atoms with van der Waals surface area (Å²) in [5.41, 5.74) is 3.06. The molecular weight excluding hydrogens is 352 g/mol. The predicted molar refractivity (Wildman–Crippen MR) is 102 cm³/mol. The quantitative estimate of drug-likeness (QED) is 0.779. The van der Waals surface area contributed by atoms with Gasteiger partial charge in [-0.05, 0) is 50.2 Å². The third-order valence-electron chi connectivity index (χ3n) is 4.22. The molecule has 5 nitrogen and oxygen atoms in total. The predicted octanol–water partition coefficient (Wildman–Crippen LogP) is 3.48. The highest BCUT2D eigenvalue weighted by Crippen LogP contribution is 2.18. The van der Waals surface area contributed by atoms with Crippen LogP contribution in [0.2, 0.25) is 0 Å². The van der Waals surface area contributed by atoms with Crippen LogP contribution >= 0.6 is 0 Å². The van der Waals surface area contributed by atoms with E-state index in [9.17, 15) is 18.4 Å². The number of carbonyl (C=O) groups is 2. The molecule has 0 unspecified atom stereocenters. The molecule has 2 aromatic carbocycles. The molecular formula is C20H23F2N3O2. The molecule has 2 rings (SSSR count). The van der Waals surface area contributed by atoms with E-state index in [0.29, 0.717) is 6.54 Å². The average molecular weight is 375 g/mol. The first-order chi connectivity index (χ1) is 12.8. The Morgan fingerprint density at radius 2 is 1.74 bits per heavy atom. The van der Waals surface area contributed by atoms with E-state index in [-0.39, 0.29) is 30.5 Å². The smallest absolute Gasteiger partial charge is 0.238 e. The zero-order valence-corrected chi connectivity index (χ0v) is 15.6. The molecule has 0 heterocycles. The molecule has 0 aliphatic heterocycles. The maximum atomic E-state index is 13.1. The Morgan fingerprint density at radius 3 is 2.44 bits per heavy atom. The van der Waals surface area contributed by atoms with Gasteiger partial charge in [-0.1, -0.05) is 12.1 Å². The van der Waals surface area contributed by atoms with Crippen molar-refractivity contribution in [1.29, 1.82) is 0 Å². The number of rotatable bonds is 7. The lowest BCUT2D eigenvalue weighted by Crippen LogP contribution is -2.32. The lowest BCUT2D eigenvalue weighted by atomic mass is 10.1. The van der Waals surface area contributed by atoms with Gasteiger partial charge in [-0.3, -0.25) is 14.5 Å². The summed E-state index contributed by atoms with van der Waals surface area (Å²) in [6, 6.07) is 8.86. The standard InChI is InChI=1S/C20H23F2N3O2/c1-13-5-4-6-18(14(13)2)24-20(27)12-25(3)10-9-19(26)23-15-7-8-16(21)17(22)11-15/h4-8,11H,9-10,12H2,1-3H3,(H,23,26)(H,24,27). The number of hydrogen-bond donors (Lipinski definition) is 2. The number of nitrogens with one attached hydrogen (secondary N) is 2. The van der Waals surface area contributed by atoms with Crippen LogP contribution < -0.4 is 10.6 Å². The van der Waals surface area contributed by atoms with Gasteiger partial charge in [0.25, 0.3) is 0 Å². The van der Waals surface area contributed by atoms with Crippen molar-refractivity contribution in [1.82, 2.24) is 4.90 Å². The largest absolute Gasteiger partial charge is 0.326 e. The van der Waals surface area contributed by atoms with Crippen molar-refractivity contribution in [3.05, 3.63) is 59.2 Å². The van der Waals surface area contributed by atoms with E-state index in [4.69, 9.17) is 0 Å². The number of benzene rings is 2. The highest BCUT2D eigenvalue weighted by Gasteiger charge is 2.11. The van der Waals surface area contributed by atoms with Gasteiger partial charge in [0.05, 0.1) is 6.54 Å². The van der Waals surface area contributed by atoms with Crippen LogP contribution in [0.15, 0.2) is 36.4 Å². The van der Waals surface area contributed by atoms with E-state index in [1.165, 1.54) is 6.07 Å². The Kier molecular flexibility index (Phi) is 7.01. The second kappa shape index (κ2) is 9.23. The summed E-state index contributed by atoms with van der Waals surface area (Å²) in [5.74, 6) is -2.51. The molecule has 144 valence electrons. The van der Waals surface area contributed by atoms with E-state index < -0.39 is 11.6 Å². The molecule has 27 heavy (non-hydrogen) atoms. The van der Waals surface area contributed by atoms with Gasteiger partial charge in [0.15, 0.2) is 11.6 Å². The maximum Gasteiger partial charge on any atom is 0.238 e. The van der Waals surface area contributed by atoms with Crippen LogP contribution in [0, 0.1) is 25.5 Å². The van der Waals surface area contributed by atoms with Crippen molar-refractivity contribution >= 4 is 23.2 Å². The average Bonchev–Trinajstić information content (AvgIpc) is 2.60. The number of halogens is 2. The van der Waals surface area contributed by atoms with Gasteiger partial charge in [-0.25, -0.2) is 8.78 Å². The summed E-state index contributed by atoms with van der Waals surface area (Å²) in [6.45, 7) is 4.39. The molecule has 0 aromatic heterocycles. The fourth-order valence-electron chi connectivity index (χ4n) is 2.49. The first kappa shape index (κ1) is 20.5. The fourth-order valence-corrected chi connectivity index (χ4v) is 2.49. The number of aryl methyl sites for hydroxylation is 1. The van der Waals surface area contributed by atoms with Crippen molar-refractivity contribution in [3.63, 3.8) is 0 Å². The van der Waals surface area contributed by atoms with Crippen LogP contribution in [0.4, 0.5) is 20.2 Å². The van der Waals surface area contributed by atoms with E-state index in [2.05, 4.69) is 10.6 Å². The van der Waals surface area contributed by atoms with Gasteiger partial charge in [-0.2, -0.15) is 0 Å². The van der Waals surface area contributed by atoms with Crippen LogP contribution in [0.5, 0.6) is 0 Å². The summed E-state index contributed by atoms with van der Waals surface area (Å²) >= 11 is 0. The number of nitrogens with zero attached hydrogens (tertiary/aromatic N) is 1. The van der Waals surface area contributed by atoms with Crippen molar-refractivity contribution in [2.75, 3.05) is 30.8 Å². The molecule has 0 aliphatic carbocycles. The third kappa shape index (κ3) is 6.14. The van der Waals surface area contributed by atoms with E-state index in [0.717, 1.165) is 28.9 Å². The molecule has 0 saturated heterocycles. The number of likely N-dealkylation sites (N-methyl/N-ethyl adjacent to an activating group) is 1. The van der Waals surface area contributed by atoms with Gasteiger partial charge < -0.3 is 10.6 Å². The second-order valence-corrected chi connectivity index (χ2v) is 6.46. The van der Waals surface area contributed by atoms with Crippen LogP contribution in [0.1, 0.15) is 17.5 Å². The molecule has 0 atom stereocenters. The van der Waals surface area contributed by atoms with Gasteiger partial charge in [0.2, 0.25) is 11.8 Å². The van der Waals surface area contributed by atoms with E-state index in [1.807, 2.05) is 32.0 Å². The molecule has 0 saturated carbocycles. The molecule has 0 bridgehead atoms. The minimum atomic E-state index is -1.02. The Labute approximate surface area is 157 Å². The van der Waals surface area contributed by atoms with Crippen molar-refractivity contribution < 1.29 is 18.4 Å². The summed E-state index contributed by atoms with van der Waals surface area (Å²) in [7, 11) is 1.73. The van der Waals surface area contributed by atoms with Crippen molar-refractivity contribution in [2.24, 2.45) is 0 Å². The normalized spacial score (nSPS) is 10.7. The molecule has 0 spiro atoms. The minimum absolute atomic E-state index is 0.117. The number of anilines is 2. The van der Waals surface area contributed by atoms with Crippen LogP contribution in [-0.4, -0.2) is 36.9 Å². The first-order valence-electron chi connectivity index (χ1n) is 8.56. The molecule has 0 fully saturated rings. The summed E-state index contributed by atoms with van der Waals surface area (Å²) < 4.78 is 26.0. The van der Waals surface area contributed by atoms with Gasteiger partial charge in [-0.15, -0.1) is 0 Å². The molecule has 2 amide bonds. The van der Waals surface area contributed by atoms with Gasteiger partial charge in [0.1, 0.15) is 0 Å². The fraction of sp³-hybridized carbons (Fsp3) is 0.300. The van der Waals surface area contributed by atoms with E-state index >= 15 is 0 Å².